The predicted molar refractivity (Wildman–Crippen MR) is 135 cm³/mol. The Kier molecular flexibility index (Phi) is 6.72. The van der Waals surface area contributed by atoms with Gasteiger partial charge in [0.15, 0.2) is 0 Å². The molecular weight excluding hydrogens is 487 g/mol. The predicted octanol–water partition coefficient (Wildman–Crippen LogP) is 6.26. The average Bonchev–Trinajstić information content (AvgIpc) is 3.21. The van der Waals surface area contributed by atoms with Crippen molar-refractivity contribution in [2.24, 2.45) is 0 Å². The minimum Gasteiger partial charge on any atom is -0.496 e. The first-order chi connectivity index (χ1) is 17.1. The third kappa shape index (κ3) is 4.83. The number of hydrogen-bond donors (Lipinski definition) is 1. The monoisotopic (exact) mass is 517 g/mol. The molecule has 192 valence electrons. The molecule has 2 fully saturated rings. The van der Waals surface area contributed by atoms with Crippen LogP contribution in [0.4, 0.5) is 13.2 Å². The van der Waals surface area contributed by atoms with E-state index >= 15 is 0 Å². The van der Waals surface area contributed by atoms with Gasteiger partial charge in [0.25, 0.3) is 5.91 Å². The Morgan fingerprint density at radius 2 is 1.83 bits per heavy atom. The van der Waals surface area contributed by atoms with Gasteiger partial charge in [-0.15, -0.1) is 11.3 Å². The number of amides is 1. The van der Waals surface area contributed by atoms with Gasteiger partial charge in [0.1, 0.15) is 10.8 Å². The van der Waals surface area contributed by atoms with Crippen LogP contribution in [0, 0.1) is 13.8 Å². The van der Waals surface area contributed by atoms with Crippen molar-refractivity contribution in [1.29, 1.82) is 0 Å². The quantitative estimate of drug-likeness (QED) is 0.434. The zero-order valence-corrected chi connectivity index (χ0v) is 21.4. The summed E-state index contributed by atoms with van der Waals surface area (Å²) in [5.41, 5.74) is 1.86. The maximum Gasteiger partial charge on any atom is 0.418 e. The highest BCUT2D eigenvalue weighted by Gasteiger charge is 2.39. The van der Waals surface area contributed by atoms with E-state index in [9.17, 15) is 18.0 Å². The van der Waals surface area contributed by atoms with Gasteiger partial charge in [-0.1, -0.05) is 12.5 Å². The molecule has 2 aliphatic rings. The van der Waals surface area contributed by atoms with Crippen molar-refractivity contribution in [3.8, 4) is 5.75 Å². The normalized spacial score (nSPS) is 22.6. The third-order valence-corrected chi connectivity index (χ3v) is 8.48. The molecule has 5 nitrogen and oxygen atoms in total. The molecule has 0 saturated carbocycles. The Hall–Kier alpha value is -2.65. The molecule has 2 unspecified atom stereocenters. The molecule has 1 amide bonds. The lowest BCUT2D eigenvalue weighted by molar-refractivity contribution is -0.136. The SMILES string of the molecule is COc1c(C)cc(C(=O)NC2CC3CCCC(C2)N3Cc2nc3c(C(F)(F)F)cccc3s2)cc1C. The molecule has 1 aromatic heterocycles. The minimum absolute atomic E-state index is 0.0439. The van der Waals surface area contributed by atoms with E-state index in [-0.39, 0.29) is 29.5 Å². The second kappa shape index (κ2) is 9.67. The van der Waals surface area contributed by atoms with Crippen molar-refractivity contribution in [3.05, 3.63) is 57.6 Å². The minimum atomic E-state index is -4.42. The van der Waals surface area contributed by atoms with Crippen LogP contribution < -0.4 is 10.1 Å². The van der Waals surface area contributed by atoms with Gasteiger partial charge < -0.3 is 10.1 Å². The lowest BCUT2D eigenvalue weighted by atomic mass is 9.81. The van der Waals surface area contributed by atoms with Crippen LogP contribution >= 0.6 is 11.3 Å². The number of halogens is 3. The number of methoxy groups -OCH3 is 1. The summed E-state index contributed by atoms with van der Waals surface area (Å²) in [6.07, 6.45) is 0.398. The highest BCUT2D eigenvalue weighted by Crippen LogP contribution is 2.39. The Morgan fingerprint density at radius 3 is 2.44 bits per heavy atom. The second-order valence-corrected chi connectivity index (χ2v) is 11.1. The van der Waals surface area contributed by atoms with E-state index in [1.165, 1.54) is 17.4 Å². The summed E-state index contributed by atoms with van der Waals surface area (Å²) in [5, 5.41) is 3.95. The topological polar surface area (TPSA) is 54.5 Å². The number of carbonyl (C=O) groups is 1. The lowest BCUT2D eigenvalue weighted by Gasteiger charge is -2.48. The summed E-state index contributed by atoms with van der Waals surface area (Å²) in [6.45, 7) is 4.42. The van der Waals surface area contributed by atoms with Crippen molar-refractivity contribution in [1.82, 2.24) is 15.2 Å². The van der Waals surface area contributed by atoms with Crippen molar-refractivity contribution >= 4 is 27.5 Å². The molecule has 9 heteroatoms. The number of nitrogens with one attached hydrogen (secondary N) is 1. The summed E-state index contributed by atoms with van der Waals surface area (Å²) in [6, 6.07) is 8.59. The van der Waals surface area contributed by atoms with Gasteiger partial charge >= 0.3 is 6.18 Å². The number of aromatic nitrogens is 1. The molecule has 2 bridgehead atoms. The first-order valence-electron chi connectivity index (χ1n) is 12.3. The van der Waals surface area contributed by atoms with Crippen LogP contribution in [0.1, 0.15) is 64.2 Å². The number of para-hydroxylation sites is 1. The number of hydrogen-bond acceptors (Lipinski definition) is 5. The summed E-state index contributed by atoms with van der Waals surface area (Å²) in [7, 11) is 1.63. The number of aryl methyl sites for hydroxylation is 2. The molecule has 3 heterocycles. The summed E-state index contributed by atoms with van der Waals surface area (Å²) in [5.74, 6) is 0.720. The number of fused-ring (bicyclic) bond motifs is 3. The molecule has 2 aromatic carbocycles. The van der Waals surface area contributed by atoms with E-state index in [1.54, 1.807) is 13.2 Å². The number of thiazole rings is 1. The molecule has 2 aliphatic heterocycles. The van der Waals surface area contributed by atoms with Crippen molar-refractivity contribution < 1.29 is 22.7 Å². The highest BCUT2D eigenvalue weighted by molar-refractivity contribution is 7.18. The van der Waals surface area contributed by atoms with Crippen molar-refractivity contribution in [2.75, 3.05) is 7.11 Å². The van der Waals surface area contributed by atoms with Gasteiger partial charge in [-0.25, -0.2) is 4.98 Å². The second-order valence-electron chi connectivity index (χ2n) is 9.95. The van der Waals surface area contributed by atoms with Crippen LogP contribution in [0.15, 0.2) is 30.3 Å². The zero-order chi connectivity index (χ0) is 25.6. The fourth-order valence-corrected chi connectivity index (χ4v) is 6.98. The summed E-state index contributed by atoms with van der Waals surface area (Å²) < 4.78 is 46.3. The molecule has 0 aliphatic carbocycles. The van der Waals surface area contributed by atoms with Gasteiger partial charge in [-0.2, -0.15) is 13.2 Å². The number of nitrogens with zero attached hydrogens (tertiary/aromatic N) is 2. The van der Waals surface area contributed by atoms with Crippen LogP contribution in [0.5, 0.6) is 5.75 Å². The smallest absolute Gasteiger partial charge is 0.418 e. The Labute approximate surface area is 212 Å². The Morgan fingerprint density at radius 1 is 1.17 bits per heavy atom. The molecule has 2 atom stereocenters. The standard InChI is InChI=1S/C27H30F3N3O2S/c1-15-10-17(11-16(2)25(15)35-3)26(34)31-18-12-19-6-4-7-20(13-18)33(19)14-23-32-24-21(27(28,29)30)8-5-9-22(24)36-23/h5,8-11,18-20H,4,6-7,12-14H2,1-3H3,(H,31,34). The Balaban J connectivity index is 1.30. The maximum absolute atomic E-state index is 13.4. The third-order valence-electron chi connectivity index (χ3n) is 7.47. The Bertz CT molecular complexity index is 1250. The first-order valence-corrected chi connectivity index (χ1v) is 13.1. The molecule has 5 rings (SSSR count). The number of benzene rings is 2. The van der Waals surface area contributed by atoms with Crippen LogP contribution in [-0.2, 0) is 12.7 Å². The number of rotatable bonds is 5. The fraction of sp³-hybridized carbons (Fsp3) is 0.481. The molecular formula is C27H30F3N3O2S. The number of carbonyl (C=O) groups excluding carboxylic acids is 1. The van der Waals surface area contributed by atoms with Crippen molar-refractivity contribution in [2.45, 2.75) is 76.8 Å². The van der Waals surface area contributed by atoms with Crippen LogP contribution in [0.2, 0.25) is 0 Å². The van der Waals surface area contributed by atoms with Gasteiger partial charge in [-0.05, 0) is 74.9 Å². The van der Waals surface area contributed by atoms with Crippen LogP contribution in [-0.4, -0.2) is 41.0 Å². The first kappa shape index (κ1) is 25.0. The van der Waals surface area contributed by atoms with Gasteiger partial charge in [-0.3, -0.25) is 9.69 Å². The van der Waals surface area contributed by atoms with Crippen LogP contribution in [0.3, 0.4) is 0 Å². The molecule has 0 spiro atoms. The molecule has 3 aromatic rings. The van der Waals surface area contributed by atoms with Crippen molar-refractivity contribution in [3.63, 3.8) is 0 Å². The average molecular weight is 518 g/mol. The van der Waals surface area contributed by atoms with E-state index in [4.69, 9.17) is 4.74 Å². The number of ether oxygens (including phenoxy) is 1. The molecule has 36 heavy (non-hydrogen) atoms. The largest absolute Gasteiger partial charge is 0.496 e. The lowest BCUT2D eigenvalue weighted by Crippen LogP contribution is -2.56. The van der Waals surface area contributed by atoms with E-state index in [0.29, 0.717) is 21.8 Å². The molecule has 2 saturated heterocycles. The zero-order valence-electron chi connectivity index (χ0n) is 20.6. The van der Waals surface area contributed by atoms with Gasteiger partial charge in [0.05, 0.1) is 29.4 Å². The van der Waals surface area contributed by atoms with E-state index in [0.717, 1.165) is 55.0 Å². The van der Waals surface area contributed by atoms with Crippen LogP contribution in [0.25, 0.3) is 10.2 Å². The summed E-state index contributed by atoms with van der Waals surface area (Å²) >= 11 is 1.34. The molecule has 0 radical (unpaired) electrons. The number of alkyl halides is 3. The van der Waals surface area contributed by atoms with Gasteiger partial charge in [0.2, 0.25) is 0 Å². The number of piperidine rings is 2. The highest BCUT2D eigenvalue weighted by atomic mass is 32.1. The summed E-state index contributed by atoms with van der Waals surface area (Å²) in [4.78, 5) is 19.9. The van der Waals surface area contributed by atoms with E-state index in [1.807, 2.05) is 26.0 Å². The van der Waals surface area contributed by atoms with E-state index in [2.05, 4.69) is 15.2 Å². The van der Waals surface area contributed by atoms with Gasteiger partial charge in [0, 0.05) is 23.7 Å². The maximum atomic E-state index is 13.4. The van der Waals surface area contributed by atoms with E-state index < -0.39 is 11.7 Å². The molecule has 1 N–H and O–H groups in total. The fourth-order valence-electron chi connectivity index (χ4n) is 5.97.